The number of anilines is 1. The Labute approximate surface area is 185 Å². The van der Waals surface area contributed by atoms with Crippen LogP contribution in [0.1, 0.15) is 36.4 Å². The Hall–Kier alpha value is -2.73. The summed E-state index contributed by atoms with van der Waals surface area (Å²) < 4.78 is 11.0. The van der Waals surface area contributed by atoms with Gasteiger partial charge >= 0.3 is 0 Å². The fourth-order valence-corrected chi connectivity index (χ4v) is 4.79. The molecule has 1 atom stereocenters. The minimum absolute atomic E-state index is 0.0914. The molecule has 0 spiro atoms. The number of fused-ring (bicyclic) bond motifs is 1. The van der Waals surface area contributed by atoms with Gasteiger partial charge in [0.2, 0.25) is 5.91 Å². The van der Waals surface area contributed by atoms with Crippen molar-refractivity contribution in [1.29, 1.82) is 0 Å². The Bertz CT molecular complexity index is 893. The first kappa shape index (κ1) is 21.5. The summed E-state index contributed by atoms with van der Waals surface area (Å²) in [6.07, 6.45) is 3.61. The van der Waals surface area contributed by atoms with Crippen LogP contribution < -0.4 is 19.7 Å². The van der Waals surface area contributed by atoms with Crippen molar-refractivity contribution in [3.63, 3.8) is 0 Å². The van der Waals surface area contributed by atoms with Crippen molar-refractivity contribution < 1.29 is 14.3 Å². The summed E-state index contributed by atoms with van der Waals surface area (Å²) in [7, 11) is 3.43. The van der Waals surface area contributed by atoms with E-state index in [1.54, 1.807) is 14.2 Å². The van der Waals surface area contributed by atoms with Crippen LogP contribution in [0.5, 0.6) is 11.5 Å². The molecule has 2 aromatic carbocycles. The number of nitrogens with one attached hydrogen (secondary N) is 1. The maximum Gasteiger partial charge on any atom is 0.221 e. The lowest BCUT2D eigenvalue weighted by atomic mass is 9.87. The molecule has 1 saturated heterocycles. The van der Waals surface area contributed by atoms with Crippen LogP contribution in [-0.4, -0.2) is 57.8 Å². The molecular weight excluding hydrogens is 390 g/mol. The monoisotopic (exact) mass is 423 g/mol. The van der Waals surface area contributed by atoms with E-state index in [-0.39, 0.29) is 11.9 Å². The number of amides is 1. The lowest BCUT2D eigenvalue weighted by molar-refractivity contribution is -0.122. The van der Waals surface area contributed by atoms with Crippen LogP contribution in [0.25, 0.3) is 0 Å². The maximum absolute atomic E-state index is 12.7. The van der Waals surface area contributed by atoms with E-state index < -0.39 is 0 Å². The van der Waals surface area contributed by atoms with E-state index in [9.17, 15) is 4.79 Å². The second-order valence-electron chi connectivity index (χ2n) is 8.29. The Kier molecular flexibility index (Phi) is 6.97. The number of carbonyl (C=O) groups excluding carboxylic acids is 1. The Balaban J connectivity index is 1.26. The second kappa shape index (κ2) is 10.1. The van der Waals surface area contributed by atoms with Gasteiger partial charge in [0.25, 0.3) is 0 Å². The van der Waals surface area contributed by atoms with Crippen LogP contribution >= 0.6 is 0 Å². The molecule has 4 rings (SSSR count). The molecule has 6 heteroatoms. The topological polar surface area (TPSA) is 54.0 Å². The zero-order valence-electron chi connectivity index (χ0n) is 18.6. The van der Waals surface area contributed by atoms with E-state index in [2.05, 4.69) is 27.2 Å². The molecule has 1 N–H and O–H groups in total. The summed E-state index contributed by atoms with van der Waals surface area (Å²) in [5.41, 5.74) is 3.60. The molecule has 0 radical (unpaired) electrons. The van der Waals surface area contributed by atoms with Crippen LogP contribution in [0.2, 0.25) is 0 Å². The number of hydrogen-bond donors (Lipinski definition) is 1. The summed E-state index contributed by atoms with van der Waals surface area (Å²) in [5, 5.41) is 3.27. The van der Waals surface area contributed by atoms with E-state index >= 15 is 0 Å². The van der Waals surface area contributed by atoms with Crippen LogP contribution in [0.3, 0.4) is 0 Å². The Morgan fingerprint density at radius 1 is 1.00 bits per heavy atom. The number of rotatable bonds is 7. The molecule has 1 heterocycles. The fraction of sp³-hybridized carbons (Fsp3) is 0.480. The van der Waals surface area contributed by atoms with Gasteiger partial charge in [-0.05, 0) is 48.6 Å². The number of methoxy groups -OCH3 is 2. The van der Waals surface area contributed by atoms with Gasteiger partial charge in [-0.15, -0.1) is 0 Å². The van der Waals surface area contributed by atoms with Gasteiger partial charge in [0.15, 0.2) is 0 Å². The molecule has 31 heavy (non-hydrogen) atoms. The van der Waals surface area contributed by atoms with Crippen molar-refractivity contribution in [2.45, 2.75) is 31.7 Å². The van der Waals surface area contributed by atoms with E-state index in [4.69, 9.17) is 9.47 Å². The lowest BCUT2D eigenvalue weighted by Crippen LogP contribution is -2.47. The third-order valence-corrected chi connectivity index (χ3v) is 6.47. The quantitative estimate of drug-likeness (QED) is 0.740. The van der Waals surface area contributed by atoms with E-state index in [1.165, 1.54) is 11.1 Å². The van der Waals surface area contributed by atoms with E-state index in [1.807, 2.05) is 30.3 Å². The minimum Gasteiger partial charge on any atom is -0.496 e. The van der Waals surface area contributed by atoms with E-state index in [0.29, 0.717) is 6.42 Å². The first-order valence-electron chi connectivity index (χ1n) is 11.2. The molecule has 1 aliphatic heterocycles. The predicted molar refractivity (Wildman–Crippen MR) is 123 cm³/mol. The first-order chi connectivity index (χ1) is 15.2. The molecule has 1 amide bonds. The zero-order valence-corrected chi connectivity index (χ0v) is 18.6. The smallest absolute Gasteiger partial charge is 0.221 e. The highest BCUT2D eigenvalue weighted by Gasteiger charge is 2.25. The summed E-state index contributed by atoms with van der Waals surface area (Å²) >= 11 is 0. The highest BCUT2D eigenvalue weighted by molar-refractivity contribution is 5.76. The molecule has 0 saturated carbocycles. The molecule has 0 unspecified atom stereocenters. The number of carbonyl (C=O) groups is 1. The number of piperazine rings is 1. The SMILES string of the molecule is COc1ccccc1N1CCN(CCC(=O)N[C@@H]2CCCc3c(OC)cccc32)CC1. The standard InChI is InChI=1S/C25H33N3O3/c1-30-23-12-6-7-19-20(23)8-5-9-21(19)26-25(29)13-14-27-15-17-28(18-16-27)22-10-3-4-11-24(22)31-2/h3-4,6-7,10-12,21H,5,8-9,13-18H2,1-2H3,(H,26,29)/t21-/m1/s1. The van der Waals surface area contributed by atoms with Crippen LogP contribution in [0.15, 0.2) is 42.5 Å². The predicted octanol–water partition coefficient (Wildman–Crippen LogP) is 3.41. The average molecular weight is 424 g/mol. The fourth-order valence-electron chi connectivity index (χ4n) is 4.79. The van der Waals surface area contributed by atoms with Crippen molar-refractivity contribution in [3.8, 4) is 11.5 Å². The van der Waals surface area contributed by atoms with Gasteiger partial charge in [0.05, 0.1) is 25.9 Å². The summed E-state index contributed by atoms with van der Waals surface area (Å²) in [6.45, 7) is 4.59. The summed E-state index contributed by atoms with van der Waals surface area (Å²) in [6, 6.07) is 14.4. The van der Waals surface area contributed by atoms with Gasteiger partial charge < -0.3 is 19.7 Å². The molecule has 2 aliphatic rings. The van der Waals surface area contributed by atoms with Crippen molar-refractivity contribution in [2.24, 2.45) is 0 Å². The molecule has 166 valence electrons. The van der Waals surface area contributed by atoms with Gasteiger partial charge in [-0.2, -0.15) is 0 Å². The zero-order chi connectivity index (χ0) is 21.6. The highest BCUT2D eigenvalue weighted by atomic mass is 16.5. The highest BCUT2D eigenvalue weighted by Crippen LogP contribution is 2.35. The van der Waals surface area contributed by atoms with Crippen molar-refractivity contribution >= 4 is 11.6 Å². The largest absolute Gasteiger partial charge is 0.496 e. The van der Waals surface area contributed by atoms with Gasteiger partial charge in [-0.3, -0.25) is 9.69 Å². The summed E-state index contributed by atoms with van der Waals surface area (Å²) in [5.74, 6) is 1.98. The van der Waals surface area contributed by atoms with Gasteiger partial charge in [-0.1, -0.05) is 24.3 Å². The normalized spacial score (nSPS) is 18.9. The molecule has 0 bridgehead atoms. The average Bonchev–Trinajstić information content (AvgIpc) is 2.83. The third kappa shape index (κ3) is 4.96. The summed E-state index contributed by atoms with van der Waals surface area (Å²) in [4.78, 5) is 17.4. The molecule has 0 aromatic heterocycles. The van der Waals surface area contributed by atoms with Crippen molar-refractivity contribution in [3.05, 3.63) is 53.6 Å². The van der Waals surface area contributed by atoms with Gasteiger partial charge in [0, 0.05) is 39.1 Å². The third-order valence-electron chi connectivity index (χ3n) is 6.47. The maximum atomic E-state index is 12.7. The number of ether oxygens (including phenoxy) is 2. The number of hydrogen-bond acceptors (Lipinski definition) is 5. The number of para-hydroxylation sites is 2. The Morgan fingerprint density at radius 3 is 2.52 bits per heavy atom. The van der Waals surface area contributed by atoms with Crippen molar-refractivity contribution in [1.82, 2.24) is 10.2 Å². The molecular formula is C25H33N3O3. The van der Waals surface area contributed by atoms with Gasteiger partial charge in [-0.25, -0.2) is 0 Å². The molecule has 6 nitrogen and oxygen atoms in total. The van der Waals surface area contributed by atoms with Crippen LogP contribution in [-0.2, 0) is 11.2 Å². The minimum atomic E-state index is 0.0914. The van der Waals surface area contributed by atoms with Crippen LogP contribution in [0.4, 0.5) is 5.69 Å². The first-order valence-corrected chi connectivity index (χ1v) is 11.2. The van der Waals surface area contributed by atoms with Crippen molar-refractivity contribution in [2.75, 3.05) is 51.8 Å². The Morgan fingerprint density at radius 2 is 1.74 bits per heavy atom. The second-order valence-corrected chi connectivity index (χ2v) is 8.29. The number of benzene rings is 2. The molecule has 2 aromatic rings. The van der Waals surface area contributed by atoms with E-state index in [0.717, 1.165) is 69.2 Å². The number of nitrogens with zero attached hydrogens (tertiary/aromatic N) is 2. The van der Waals surface area contributed by atoms with Gasteiger partial charge in [0.1, 0.15) is 11.5 Å². The van der Waals surface area contributed by atoms with Crippen LogP contribution in [0, 0.1) is 0 Å². The molecule has 1 aliphatic carbocycles. The molecule has 1 fully saturated rings. The lowest BCUT2D eigenvalue weighted by Gasteiger charge is -2.36.